The summed E-state index contributed by atoms with van der Waals surface area (Å²) in [5.41, 5.74) is 6.23. The van der Waals surface area contributed by atoms with Crippen molar-refractivity contribution in [2.75, 3.05) is 13.1 Å². The molecule has 0 spiro atoms. The van der Waals surface area contributed by atoms with E-state index in [1.165, 1.54) is 38.8 Å². The van der Waals surface area contributed by atoms with Gasteiger partial charge in [-0.25, -0.2) is 0 Å². The fraction of sp³-hybridized carbons (Fsp3) is 1.00. The van der Waals surface area contributed by atoms with E-state index < -0.39 is 0 Å². The number of nitrogens with two attached hydrogens (primary N) is 1. The summed E-state index contributed by atoms with van der Waals surface area (Å²) < 4.78 is 0. The quantitative estimate of drug-likeness (QED) is 0.693. The minimum Gasteiger partial charge on any atom is -0.327 e. The molecule has 2 fully saturated rings. The van der Waals surface area contributed by atoms with E-state index in [1.807, 2.05) is 0 Å². The van der Waals surface area contributed by atoms with Crippen molar-refractivity contribution >= 4 is 0 Å². The van der Waals surface area contributed by atoms with Crippen molar-refractivity contribution in [1.29, 1.82) is 0 Å². The standard InChI is InChI=1S/C12H24N2/c1-9(2)14-7-6-10-4-3-5-12(13)11(10)8-14/h9-12H,3-8,13H2,1-2H3. The molecule has 1 saturated carbocycles. The van der Waals surface area contributed by atoms with E-state index in [2.05, 4.69) is 18.7 Å². The number of rotatable bonds is 1. The van der Waals surface area contributed by atoms with E-state index in [4.69, 9.17) is 5.73 Å². The Morgan fingerprint density at radius 3 is 2.71 bits per heavy atom. The Hall–Kier alpha value is -0.0800. The van der Waals surface area contributed by atoms with Crippen molar-refractivity contribution in [3.63, 3.8) is 0 Å². The van der Waals surface area contributed by atoms with Crippen molar-refractivity contribution in [2.45, 2.75) is 51.6 Å². The fourth-order valence-corrected chi connectivity index (χ4v) is 3.20. The van der Waals surface area contributed by atoms with Crippen LogP contribution >= 0.6 is 0 Å². The van der Waals surface area contributed by atoms with Gasteiger partial charge in [-0.2, -0.15) is 0 Å². The zero-order chi connectivity index (χ0) is 10.1. The molecule has 3 unspecified atom stereocenters. The Labute approximate surface area is 87.8 Å². The maximum Gasteiger partial charge on any atom is 0.00820 e. The average Bonchev–Trinajstić information content (AvgIpc) is 2.18. The first-order valence-corrected chi connectivity index (χ1v) is 6.18. The molecular weight excluding hydrogens is 172 g/mol. The second kappa shape index (κ2) is 4.19. The van der Waals surface area contributed by atoms with Gasteiger partial charge in [0.05, 0.1) is 0 Å². The van der Waals surface area contributed by atoms with Crippen molar-refractivity contribution < 1.29 is 0 Å². The highest BCUT2D eigenvalue weighted by atomic mass is 15.2. The first-order chi connectivity index (χ1) is 6.68. The molecule has 2 rings (SSSR count). The Kier molecular flexibility index (Phi) is 3.13. The maximum atomic E-state index is 6.23. The summed E-state index contributed by atoms with van der Waals surface area (Å²) in [5.74, 6) is 1.73. The lowest BCUT2D eigenvalue weighted by Crippen LogP contribution is -2.51. The summed E-state index contributed by atoms with van der Waals surface area (Å²) in [4.78, 5) is 2.60. The number of hydrogen-bond donors (Lipinski definition) is 1. The predicted octanol–water partition coefficient (Wildman–Crippen LogP) is 1.84. The largest absolute Gasteiger partial charge is 0.327 e. The third kappa shape index (κ3) is 1.96. The van der Waals surface area contributed by atoms with Gasteiger partial charge in [-0.3, -0.25) is 0 Å². The molecule has 0 amide bonds. The molecule has 2 aliphatic rings. The van der Waals surface area contributed by atoms with Gasteiger partial charge in [0, 0.05) is 18.6 Å². The minimum atomic E-state index is 0.482. The number of nitrogens with zero attached hydrogens (tertiary/aromatic N) is 1. The minimum absolute atomic E-state index is 0.482. The molecule has 0 bridgehead atoms. The third-order valence-electron chi connectivity index (χ3n) is 4.23. The number of fused-ring (bicyclic) bond motifs is 1. The first-order valence-electron chi connectivity index (χ1n) is 6.18. The molecule has 3 atom stereocenters. The van der Waals surface area contributed by atoms with Crippen molar-refractivity contribution in [3.05, 3.63) is 0 Å². The maximum absolute atomic E-state index is 6.23. The molecule has 2 heteroatoms. The molecule has 1 heterocycles. The number of hydrogen-bond acceptors (Lipinski definition) is 2. The molecule has 0 aromatic heterocycles. The van der Waals surface area contributed by atoms with Crippen molar-refractivity contribution in [3.8, 4) is 0 Å². The lowest BCUT2D eigenvalue weighted by atomic mass is 9.72. The van der Waals surface area contributed by atoms with Crippen LogP contribution in [-0.2, 0) is 0 Å². The molecule has 82 valence electrons. The summed E-state index contributed by atoms with van der Waals surface area (Å²) in [6, 6.07) is 1.18. The van der Waals surface area contributed by atoms with Crippen LogP contribution < -0.4 is 5.73 Å². The van der Waals surface area contributed by atoms with Gasteiger partial charge < -0.3 is 10.6 Å². The summed E-state index contributed by atoms with van der Waals surface area (Å²) in [6.07, 6.45) is 5.44. The molecule has 0 radical (unpaired) electrons. The van der Waals surface area contributed by atoms with Crippen LogP contribution in [-0.4, -0.2) is 30.1 Å². The number of piperidine rings is 1. The van der Waals surface area contributed by atoms with Crippen LogP contribution in [0.4, 0.5) is 0 Å². The zero-order valence-corrected chi connectivity index (χ0v) is 9.58. The molecule has 2 nitrogen and oxygen atoms in total. The highest BCUT2D eigenvalue weighted by Crippen LogP contribution is 2.35. The second-order valence-electron chi connectivity index (χ2n) is 5.40. The molecule has 1 saturated heterocycles. The van der Waals surface area contributed by atoms with Gasteiger partial charge in [-0.15, -0.1) is 0 Å². The summed E-state index contributed by atoms with van der Waals surface area (Å²) in [5, 5.41) is 0. The van der Waals surface area contributed by atoms with E-state index in [1.54, 1.807) is 0 Å². The van der Waals surface area contributed by atoms with Crippen LogP contribution in [0.15, 0.2) is 0 Å². The normalized spacial score (nSPS) is 39.9. The topological polar surface area (TPSA) is 29.3 Å². The van der Waals surface area contributed by atoms with E-state index in [-0.39, 0.29) is 0 Å². The SMILES string of the molecule is CC(C)N1CCC2CCCC(N)C2C1. The second-order valence-corrected chi connectivity index (χ2v) is 5.40. The molecule has 1 aliphatic heterocycles. The summed E-state index contributed by atoms with van der Waals surface area (Å²) >= 11 is 0. The van der Waals surface area contributed by atoms with Gasteiger partial charge in [0.2, 0.25) is 0 Å². The zero-order valence-electron chi connectivity index (χ0n) is 9.58. The molecule has 0 aromatic carbocycles. The molecule has 14 heavy (non-hydrogen) atoms. The van der Waals surface area contributed by atoms with Crippen LogP contribution in [0.1, 0.15) is 39.5 Å². The number of likely N-dealkylation sites (tertiary alicyclic amines) is 1. The van der Waals surface area contributed by atoms with Gasteiger partial charge in [0.1, 0.15) is 0 Å². The third-order valence-corrected chi connectivity index (χ3v) is 4.23. The Morgan fingerprint density at radius 2 is 2.00 bits per heavy atom. The molecule has 2 N–H and O–H groups in total. The van der Waals surface area contributed by atoms with Crippen LogP contribution in [0, 0.1) is 11.8 Å². The molecule has 0 aromatic rings. The van der Waals surface area contributed by atoms with Crippen LogP contribution in [0.25, 0.3) is 0 Å². The fourth-order valence-electron chi connectivity index (χ4n) is 3.20. The Morgan fingerprint density at radius 1 is 1.21 bits per heavy atom. The van der Waals surface area contributed by atoms with Gasteiger partial charge in [-0.05, 0) is 51.5 Å². The van der Waals surface area contributed by atoms with Gasteiger partial charge in [0.25, 0.3) is 0 Å². The Bertz CT molecular complexity index is 191. The Balaban J connectivity index is 1.98. The van der Waals surface area contributed by atoms with Crippen LogP contribution in [0.5, 0.6) is 0 Å². The first kappa shape index (κ1) is 10.4. The summed E-state index contributed by atoms with van der Waals surface area (Å²) in [7, 11) is 0. The van der Waals surface area contributed by atoms with E-state index in [9.17, 15) is 0 Å². The molecular formula is C12H24N2. The van der Waals surface area contributed by atoms with Crippen molar-refractivity contribution in [2.24, 2.45) is 17.6 Å². The van der Waals surface area contributed by atoms with Gasteiger partial charge in [-0.1, -0.05) is 6.42 Å². The lowest BCUT2D eigenvalue weighted by Gasteiger charge is -2.45. The van der Waals surface area contributed by atoms with Gasteiger partial charge in [0.15, 0.2) is 0 Å². The summed E-state index contributed by atoms with van der Waals surface area (Å²) in [6.45, 7) is 7.15. The smallest absolute Gasteiger partial charge is 0.00820 e. The van der Waals surface area contributed by atoms with Gasteiger partial charge >= 0.3 is 0 Å². The monoisotopic (exact) mass is 196 g/mol. The highest BCUT2D eigenvalue weighted by Gasteiger charge is 2.36. The lowest BCUT2D eigenvalue weighted by molar-refractivity contribution is 0.0547. The van der Waals surface area contributed by atoms with E-state index >= 15 is 0 Å². The average molecular weight is 196 g/mol. The highest BCUT2D eigenvalue weighted by molar-refractivity contribution is 4.90. The van der Waals surface area contributed by atoms with Crippen molar-refractivity contribution in [1.82, 2.24) is 4.90 Å². The predicted molar refractivity (Wildman–Crippen MR) is 60.1 cm³/mol. The molecule has 1 aliphatic carbocycles. The van der Waals surface area contributed by atoms with E-state index in [0.29, 0.717) is 12.1 Å². The van der Waals surface area contributed by atoms with E-state index in [0.717, 1.165) is 11.8 Å². The van der Waals surface area contributed by atoms with Crippen LogP contribution in [0.3, 0.4) is 0 Å². The van der Waals surface area contributed by atoms with Crippen LogP contribution in [0.2, 0.25) is 0 Å².